The number of nitrogens with one attached hydrogen (secondary N) is 2. The second-order valence-corrected chi connectivity index (χ2v) is 6.00. The lowest BCUT2D eigenvalue weighted by molar-refractivity contribution is 0.0945. The first-order valence-electron chi connectivity index (χ1n) is 8.10. The fourth-order valence-corrected chi connectivity index (χ4v) is 2.24. The number of aromatic nitrogens is 3. The molecule has 2 aromatic rings. The molecule has 1 aliphatic rings. The van der Waals surface area contributed by atoms with Crippen LogP contribution in [0.3, 0.4) is 0 Å². The SMILES string of the molecule is CCC(C)Oc1cc(CNC(=O)c2cc(C3CC3)[nH]n2)ccn1. The van der Waals surface area contributed by atoms with E-state index in [-0.39, 0.29) is 12.0 Å². The minimum absolute atomic E-state index is 0.122. The second kappa shape index (κ2) is 6.81. The molecule has 1 amide bonds. The highest BCUT2D eigenvalue weighted by atomic mass is 16.5. The molecule has 1 aliphatic carbocycles. The molecule has 1 unspecified atom stereocenters. The Morgan fingerprint density at radius 1 is 1.48 bits per heavy atom. The van der Waals surface area contributed by atoms with Crippen molar-refractivity contribution in [2.75, 3.05) is 0 Å². The molecule has 2 aromatic heterocycles. The maximum absolute atomic E-state index is 12.1. The van der Waals surface area contributed by atoms with Crippen LogP contribution >= 0.6 is 0 Å². The summed E-state index contributed by atoms with van der Waals surface area (Å²) in [5.41, 5.74) is 2.45. The van der Waals surface area contributed by atoms with Gasteiger partial charge in [0.05, 0.1) is 6.10 Å². The van der Waals surface area contributed by atoms with Gasteiger partial charge in [0, 0.05) is 30.4 Å². The minimum atomic E-state index is -0.172. The van der Waals surface area contributed by atoms with Crippen LogP contribution in [0.2, 0.25) is 0 Å². The van der Waals surface area contributed by atoms with Crippen molar-refractivity contribution < 1.29 is 9.53 Å². The number of rotatable bonds is 7. The third kappa shape index (κ3) is 4.09. The Morgan fingerprint density at radius 2 is 2.30 bits per heavy atom. The molecule has 6 nitrogen and oxygen atoms in total. The van der Waals surface area contributed by atoms with Gasteiger partial charge in [-0.1, -0.05) is 6.92 Å². The number of H-pyrrole nitrogens is 1. The van der Waals surface area contributed by atoms with Crippen LogP contribution in [0.25, 0.3) is 0 Å². The molecular weight excluding hydrogens is 292 g/mol. The fourth-order valence-electron chi connectivity index (χ4n) is 2.24. The number of pyridine rings is 1. The predicted molar refractivity (Wildman–Crippen MR) is 86.4 cm³/mol. The summed E-state index contributed by atoms with van der Waals surface area (Å²) in [4.78, 5) is 16.3. The van der Waals surface area contributed by atoms with E-state index in [1.54, 1.807) is 6.20 Å². The van der Waals surface area contributed by atoms with Gasteiger partial charge >= 0.3 is 0 Å². The van der Waals surface area contributed by atoms with Crippen molar-refractivity contribution in [3.63, 3.8) is 0 Å². The lowest BCUT2D eigenvalue weighted by atomic mass is 10.2. The number of hydrogen-bond acceptors (Lipinski definition) is 4. The highest BCUT2D eigenvalue weighted by Gasteiger charge is 2.26. The monoisotopic (exact) mass is 314 g/mol. The zero-order chi connectivity index (χ0) is 16.2. The largest absolute Gasteiger partial charge is 0.475 e. The Kier molecular flexibility index (Phi) is 4.60. The van der Waals surface area contributed by atoms with Gasteiger partial charge < -0.3 is 10.1 Å². The van der Waals surface area contributed by atoms with E-state index in [0.717, 1.165) is 17.7 Å². The number of hydrogen-bond donors (Lipinski definition) is 2. The molecule has 0 aromatic carbocycles. The Hall–Kier alpha value is -2.37. The Balaban J connectivity index is 1.56. The molecule has 122 valence electrons. The zero-order valence-corrected chi connectivity index (χ0v) is 13.5. The van der Waals surface area contributed by atoms with E-state index in [0.29, 0.717) is 24.0 Å². The molecule has 1 saturated carbocycles. The van der Waals surface area contributed by atoms with Crippen LogP contribution in [0.5, 0.6) is 5.88 Å². The number of ether oxygens (including phenoxy) is 1. The molecule has 2 N–H and O–H groups in total. The first kappa shape index (κ1) is 15.5. The van der Waals surface area contributed by atoms with Gasteiger partial charge in [-0.15, -0.1) is 0 Å². The summed E-state index contributed by atoms with van der Waals surface area (Å²) in [5.74, 6) is 0.973. The summed E-state index contributed by atoms with van der Waals surface area (Å²) in [7, 11) is 0. The average molecular weight is 314 g/mol. The lowest BCUT2D eigenvalue weighted by Gasteiger charge is -2.12. The Bertz CT molecular complexity index is 679. The Labute approximate surface area is 135 Å². The van der Waals surface area contributed by atoms with Crippen LogP contribution in [0.15, 0.2) is 24.4 Å². The number of aromatic amines is 1. The number of carbonyl (C=O) groups is 1. The van der Waals surface area contributed by atoms with Crippen LogP contribution in [0, 0.1) is 0 Å². The number of amides is 1. The van der Waals surface area contributed by atoms with Crippen molar-refractivity contribution in [3.8, 4) is 5.88 Å². The van der Waals surface area contributed by atoms with E-state index < -0.39 is 0 Å². The average Bonchev–Trinajstić information content (AvgIpc) is 3.30. The number of carbonyl (C=O) groups excluding carboxylic acids is 1. The maximum Gasteiger partial charge on any atom is 0.272 e. The fraction of sp³-hybridized carbons (Fsp3) is 0.471. The highest BCUT2D eigenvalue weighted by Crippen LogP contribution is 2.38. The topological polar surface area (TPSA) is 79.9 Å². The van der Waals surface area contributed by atoms with E-state index in [1.165, 1.54) is 12.8 Å². The molecule has 1 atom stereocenters. The molecule has 23 heavy (non-hydrogen) atoms. The summed E-state index contributed by atoms with van der Waals surface area (Å²) >= 11 is 0. The standard InChI is InChI=1S/C17H22N4O2/c1-3-11(2)23-16-8-12(6-7-18-16)10-19-17(22)15-9-14(20-21-15)13-4-5-13/h6-9,11,13H,3-5,10H2,1-2H3,(H,19,22)(H,20,21). The van der Waals surface area contributed by atoms with E-state index in [4.69, 9.17) is 4.74 Å². The smallest absolute Gasteiger partial charge is 0.272 e. The lowest BCUT2D eigenvalue weighted by Crippen LogP contribution is -2.23. The third-order valence-electron chi connectivity index (χ3n) is 4.00. The van der Waals surface area contributed by atoms with E-state index in [2.05, 4.69) is 27.4 Å². The predicted octanol–water partition coefficient (Wildman–Crippen LogP) is 2.79. The summed E-state index contributed by atoms with van der Waals surface area (Å²) in [6.07, 6.45) is 5.10. The van der Waals surface area contributed by atoms with Gasteiger partial charge in [0.15, 0.2) is 0 Å². The molecule has 6 heteroatoms. The molecule has 3 rings (SSSR count). The van der Waals surface area contributed by atoms with Crippen molar-refractivity contribution in [2.45, 2.75) is 51.7 Å². The van der Waals surface area contributed by atoms with Crippen molar-refractivity contribution in [1.29, 1.82) is 0 Å². The molecule has 0 radical (unpaired) electrons. The van der Waals surface area contributed by atoms with Gasteiger partial charge in [-0.25, -0.2) is 4.98 Å². The second-order valence-electron chi connectivity index (χ2n) is 6.00. The van der Waals surface area contributed by atoms with Gasteiger partial charge in [-0.3, -0.25) is 9.89 Å². The number of nitrogens with zero attached hydrogens (tertiary/aromatic N) is 2. The van der Waals surface area contributed by atoms with E-state index in [9.17, 15) is 4.79 Å². The van der Waals surface area contributed by atoms with Gasteiger partial charge in [-0.2, -0.15) is 5.10 Å². The molecule has 0 spiro atoms. The molecule has 1 fully saturated rings. The third-order valence-corrected chi connectivity index (χ3v) is 4.00. The highest BCUT2D eigenvalue weighted by molar-refractivity contribution is 5.92. The summed E-state index contributed by atoms with van der Waals surface area (Å²) in [5, 5.41) is 9.90. The normalized spacial score (nSPS) is 15.2. The molecular formula is C17H22N4O2. The van der Waals surface area contributed by atoms with Gasteiger partial charge in [0.25, 0.3) is 5.91 Å². The van der Waals surface area contributed by atoms with Crippen LogP contribution in [0.4, 0.5) is 0 Å². The van der Waals surface area contributed by atoms with E-state index >= 15 is 0 Å². The first-order valence-corrected chi connectivity index (χ1v) is 8.10. The van der Waals surface area contributed by atoms with Crippen LogP contribution in [0.1, 0.15) is 60.8 Å². The van der Waals surface area contributed by atoms with Crippen LogP contribution < -0.4 is 10.1 Å². The summed E-state index contributed by atoms with van der Waals surface area (Å²) < 4.78 is 5.69. The molecule has 0 saturated heterocycles. The van der Waals surface area contributed by atoms with Gasteiger partial charge in [-0.05, 0) is 43.9 Å². The van der Waals surface area contributed by atoms with Crippen molar-refractivity contribution in [2.24, 2.45) is 0 Å². The molecule has 0 bridgehead atoms. The van der Waals surface area contributed by atoms with Crippen LogP contribution in [-0.2, 0) is 6.54 Å². The zero-order valence-electron chi connectivity index (χ0n) is 13.5. The van der Waals surface area contributed by atoms with Crippen molar-refractivity contribution >= 4 is 5.91 Å². The minimum Gasteiger partial charge on any atom is -0.475 e. The van der Waals surface area contributed by atoms with Gasteiger partial charge in [0.2, 0.25) is 5.88 Å². The summed E-state index contributed by atoms with van der Waals surface area (Å²) in [6.45, 7) is 4.49. The quantitative estimate of drug-likeness (QED) is 0.823. The maximum atomic E-state index is 12.1. The van der Waals surface area contributed by atoms with Crippen molar-refractivity contribution in [1.82, 2.24) is 20.5 Å². The van der Waals surface area contributed by atoms with E-state index in [1.807, 2.05) is 25.1 Å². The first-order chi connectivity index (χ1) is 11.2. The molecule has 0 aliphatic heterocycles. The Morgan fingerprint density at radius 3 is 3.04 bits per heavy atom. The summed E-state index contributed by atoms with van der Waals surface area (Å²) in [6, 6.07) is 5.56. The van der Waals surface area contributed by atoms with Gasteiger partial charge in [0.1, 0.15) is 5.69 Å². The molecule has 2 heterocycles. The van der Waals surface area contributed by atoms with Crippen molar-refractivity contribution in [3.05, 3.63) is 41.3 Å². The van der Waals surface area contributed by atoms with Crippen LogP contribution in [-0.4, -0.2) is 27.2 Å².